The van der Waals surface area contributed by atoms with E-state index in [2.05, 4.69) is 20.8 Å². The van der Waals surface area contributed by atoms with Crippen molar-refractivity contribution in [3.8, 4) is 0 Å². The molecule has 4 nitrogen and oxygen atoms in total. The number of halogens is 2. The lowest BCUT2D eigenvalue weighted by Crippen LogP contribution is -2.24. The maximum Gasteiger partial charge on any atom is 0.191 e. The molecule has 0 saturated carbocycles. The van der Waals surface area contributed by atoms with Crippen molar-refractivity contribution in [3.63, 3.8) is 0 Å². The molecule has 2 N–H and O–H groups in total. The van der Waals surface area contributed by atoms with Crippen LogP contribution in [0.5, 0.6) is 0 Å². The summed E-state index contributed by atoms with van der Waals surface area (Å²) in [6.07, 6.45) is 5.01. The molecule has 0 unspecified atom stereocenters. The van der Waals surface area contributed by atoms with Crippen LogP contribution in [0.4, 0.5) is 5.69 Å². The number of thiocarbonyl (C=S) groups is 1. The zero-order valence-electron chi connectivity index (χ0n) is 10.2. The third-order valence-corrected chi connectivity index (χ3v) is 3.01. The zero-order chi connectivity index (χ0) is 14.4. The molecule has 0 bridgehead atoms. The Morgan fingerprint density at radius 2 is 1.95 bits per heavy atom. The first-order valence-corrected chi connectivity index (χ1v) is 6.77. The van der Waals surface area contributed by atoms with Gasteiger partial charge in [0.1, 0.15) is 0 Å². The van der Waals surface area contributed by atoms with Gasteiger partial charge < -0.3 is 5.32 Å². The molecule has 1 heterocycles. The van der Waals surface area contributed by atoms with E-state index in [0.29, 0.717) is 20.8 Å². The predicted octanol–water partition coefficient (Wildman–Crippen LogP) is 3.71. The van der Waals surface area contributed by atoms with E-state index < -0.39 is 0 Å². The lowest BCUT2D eigenvalue weighted by Gasteiger charge is -2.08. The molecule has 2 rings (SSSR count). The molecule has 0 aliphatic heterocycles. The lowest BCUT2D eigenvalue weighted by atomic mass is 10.3. The van der Waals surface area contributed by atoms with Gasteiger partial charge in [-0.1, -0.05) is 23.2 Å². The summed E-state index contributed by atoms with van der Waals surface area (Å²) in [5.74, 6) is 0. The largest absolute Gasteiger partial charge is 0.330 e. The van der Waals surface area contributed by atoms with E-state index in [1.807, 2.05) is 12.1 Å². The fraction of sp³-hybridized carbons (Fsp3) is 0. The highest BCUT2D eigenvalue weighted by atomic mass is 35.5. The summed E-state index contributed by atoms with van der Waals surface area (Å²) in [4.78, 5) is 3.92. The second-order valence-corrected chi connectivity index (χ2v) is 4.98. The molecule has 102 valence electrons. The number of aromatic nitrogens is 1. The van der Waals surface area contributed by atoms with Gasteiger partial charge in [-0.15, -0.1) is 0 Å². The average molecular weight is 325 g/mol. The van der Waals surface area contributed by atoms with Gasteiger partial charge in [0.2, 0.25) is 0 Å². The highest BCUT2D eigenvalue weighted by Crippen LogP contribution is 2.25. The Kier molecular flexibility index (Phi) is 5.29. The SMILES string of the molecule is S=C(N/N=C/c1ccncc1)Nc1ccc(Cl)cc1Cl. The minimum absolute atomic E-state index is 0.333. The van der Waals surface area contributed by atoms with Crippen LogP contribution in [-0.2, 0) is 0 Å². The van der Waals surface area contributed by atoms with Gasteiger partial charge in [-0.25, -0.2) is 0 Å². The quantitative estimate of drug-likeness (QED) is 0.513. The number of hydrazone groups is 1. The van der Waals surface area contributed by atoms with Crippen LogP contribution in [0, 0.1) is 0 Å². The molecule has 2 aromatic rings. The molecular weight excluding hydrogens is 315 g/mol. The zero-order valence-corrected chi connectivity index (χ0v) is 12.5. The maximum absolute atomic E-state index is 6.02. The van der Waals surface area contributed by atoms with Crippen LogP contribution in [0.2, 0.25) is 10.0 Å². The molecular formula is C13H10Cl2N4S. The number of pyridine rings is 1. The Balaban J connectivity index is 1.91. The van der Waals surface area contributed by atoms with Crippen molar-refractivity contribution >= 4 is 52.4 Å². The van der Waals surface area contributed by atoms with Crippen LogP contribution in [0.1, 0.15) is 5.56 Å². The van der Waals surface area contributed by atoms with Gasteiger partial charge >= 0.3 is 0 Å². The van der Waals surface area contributed by atoms with Gasteiger partial charge in [-0.05, 0) is 48.1 Å². The van der Waals surface area contributed by atoms with E-state index in [1.54, 1.807) is 36.8 Å². The van der Waals surface area contributed by atoms with Crippen molar-refractivity contribution in [1.29, 1.82) is 0 Å². The molecule has 1 aromatic carbocycles. The van der Waals surface area contributed by atoms with E-state index in [1.165, 1.54) is 0 Å². The standard InChI is InChI=1S/C13H10Cl2N4S/c14-10-1-2-12(11(15)7-10)18-13(20)19-17-8-9-3-5-16-6-4-9/h1-8H,(H2,18,19,20)/b17-8+. The normalized spacial score (nSPS) is 10.5. The lowest BCUT2D eigenvalue weighted by molar-refractivity contribution is 1.05. The Labute approximate surface area is 131 Å². The Morgan fingerprint density at radius 1 is 1.20 bits per heavy atom. The Hall–Kier alpha value is -1.69. The Bertz CT molecular complexity index is 632. The predicted molar refractivity (Wildman–Crippen MR) is 87.6 cm³/mol. The molecule has 1 aromatic heterocycles. The molecule has 0 atom stereocenters. The molecule has 0 aliphatic carbocycles. The van der Waals surface area contributed by atoms with E-state index in [0.717, 1.165) is 5.56 Å². The summed E-state index contributed by atoms with van der Waals surface area (Å²) in [6, 6.07) is 8.76. The number of nitrogens with zero attached hydrogens (tertiary/aromatic N) is 2. The second kappa shape index (κ2) is 7.19. The number of hydrogen-bond acceptors (Lipinski definition) is 3. The number of hydrogen-bond donors (Lipinski definition) is 2. The number of anilines is 1. The minimum Gasteiger partial charge on any atom is -0.330 e. The first-order valence-electron chi connectivity index (χ1n) is 5.60. The van der Waals surface area contributed by atoms with Crippen molar-refractivity contribution in [2.75, 3.05) is 5.32 Å². The average Bonchev–Trinajstić information content (AvgIpc) is 2.43. The van der Waals surface area contributed by atoms with Crippen LogP contribution in [0.3, 0.4) is 0 Å². The van der Waals surface area contributed by atoms with Gasteiger partial charge in [-0.2, -0.15) is 5.10 Å². The highest BCUT2D eigenvalue weighted by molar-refractivity contribution is 7.80. The van der Waals surface area contributed by atoms with Crippen molar-refractivity contribution in [2.45, 2.75) is 0 Å². The summed E-state index contributed by atoms with van der Waals surface area (Å²) in [5.41, 5.74) is 4.28. The number of benzene rings is 1. The molecule has 0 fully saturated rings. The van der Waals surface area contributed by atoms with E-state index in [9.17, 15) is 0 Å². The summed E-state index contributed by atoms with van der Waals surface area (Å²) in [6.45, 7) is 0. The Morgan fingerprint density at radius 3 is 2.65 bits per heavy atom. The molecule has 20 heavy (non-hydrogen) atoms. The van der Waals surface area contributed by atoms with Gasteiger partial charge in [-0.3, -0.25) is 10.4 Å². The molecule has 7 heteroatoms. The fourth-order valence-corrected chi connectivity index (χ4v) is 1.97. The second-order valence-electron chi connectivity index (χ2n) is 3.73. The van der Waals surface area contributed by atoms with E-state index >= 15 is 0 Å². The molecule has 0 saturated heterocycles. The smallest absolute Gasteiger partial charge is 0.191 e. The van der Waals surface area contributed by atoms with Gasteiger partial charge in [0, 0.05) is 17.4 Å². The van der Waals surface area contributed by atoms with Crippen molar-refractivity contribution < 1.29 is 0 Å². The summed E-state index contributed by atoms with van der Waals surface area (Å²) < 4.78 is 0. The summed E-state index contributed by atoms with van der Waals surface area (Å²) in [7, 11) is 0. The first-order chi connectivity index (χ1) is 9.65. The van der Waals surface area contributed by atoms with Gasteiger partial charge in [0.15, 0.2) is 5.11 Å². The molecule has 0 aliphatic rings. The van der Waals surface area contributed by atoms with Crippen LogP contribution in [-0.4, -0.2) is 16.3 Å². The summed E-state index contributed by atoms with van der Waals surface area (Å²) >= 11 is 16.9. The molecule has 0 spiro atoms. The monoisotopic (exact) mass is 324 g/mol. The molecule has 0 radical (unpaired) electrons. The first kappa shape index (κ1) is 14.7. The number of rotatable bonds is 3. The van der Waals surface area contributed by atoms with Crippen LogP contribution < -0.4 is 10.7 Å². The third-order valence-electron chi connectivity index (χ3n) is 2.27. The number of nitrogens with one attached hydrogen (secondary N) is 2. The van der Waals surface area contributed by atoms with Crippen LogP contribution in [0.25, 0.3) is 0 Å². The topological polar surface area (TPSA) is 49.3 Å². The molecule has 0 amide bonds. The van der Waals surface area contributed by atoms with Crippen molar-refractivity contribution in [1.82, 2.24) is 10.4 Å². The minimum atomic E-state index is 0.333. The summed E-state index contributed by atoms with van der Waals surface area (Å²) in [5, 5.41) is 8.32. The van der Waals surface area contributed by atoms with Crippen LogP contribution in [0.15, 0.2) is 47.8 Å². The van der Waals surface area contributed by atoms with Gasteiger partial charge in [0.25, 0.3) is 0 Å². The van der Waals surface area contributed by atoms with E-state index in [-0.39, 0.29) is 0 Å². The van der Waals surface area contributed by atoms with Crippen molar-refractivity contribution in [3.05, 3.63) is 58.3 Å². The van der Waals surface area contributed by atoms with Gasteiger partial charge in [0.05, 0.1) is 16.9 Å². The third kappa shape index (κ3) is 4.45. The highest BCUT2D eigenvalue weighted by Gasteiger charge is 2.02. The maximum atomic E-state index is 6.02. The fourth-order valence-electron chi connectivity index (χ4n) is 1.36. The van der Waals surface area contributed by atoms with Crippen LogP contribution >= 0.6 is 35.4 Å². The van der Waals surface area contributed by atoms with Crippen molar-refractivity contribution in [2.24, 2.45) is 5.10 Å². The van der Waals surface area contributed by atoms with E-state index in [4.69, 9.17) is 35.4 Å².